The summed E-state index contributed by atoms with van der Waals surface area (Å²) in [4.78, 5) is 0. The predicted molar refractivity (Wildman–Crippen MR) is 105 cm³/mol. The van der Waals surface area contributed by atoms with Gasteiger partial charge >= 0.3 is 0 Å². The van der Waals surface area contributed by atoms with Crippen LogP contribution in [0.1, 0.15) is 16.7 Å². The van der Waals surface area contributed by atoms with Crippen LogP contribution in [0, 0.1) is 6.92 Å². The summed E-state index contributed by atoms with van der Waals surface area (Å²) in [6.45, 7) is 3.28. The topological polar surface area (TPSA) is 18.5 Å². The molecule has 0 unspecified atom stereocenters. The summed E-state index contributed by atoms with van der Waals surface area (Å²) < 4.78 is 12.6. The van der Waals surface area contributed by atoms with E-state index in [0.717, 1.165) is 11.1 Å². The first kappa shape index (κ1) is 15.6. The third-order valence-electron chi connectivity index (χ3n) is 5.25. The number of benzene rings is 4. The molecule has 1 aliphatic rings. The molecule has 0 amide bonds. The quantitative estimate of drug-likeness (QED) is 0.445. The van der Waals surface area contributed by atoms with Crippen LogP contribution >= 0.6 is 0 Å². The van der Waals surface area contributed by atoms with Crippen LogP contribution in [0.3, 0.4) is 0 Å². The van der Waals surface area contributed by atoms with Crippen LogP contribution in [0.2, 0.25) is 0 Å². The van der Waals surface area contributed by atoms with Gasteiger partial charge in [-0.25, -0.2) is 0 Å². The Labute approximate surface area is 153 Å². The van der Waals surface area contributed by atoms with Crippen molar-refractivity contribution in [2.24, 2.45) is 0 Å². The summed E-state index contributed by atoms with van der Waals surface area (Å²) in [6.07, 6.45) is 0. The lowest BCUT2D eigenvalue weighted by Gasteiger charge is -2.30. The van der Waals surface area contributed by atoms with Crippen LogP contribution in [0.15, 0.2) is 78.9 Å². The van der Waals surface area contributed by atoms with Crippen molar-refractivity contribution in [1.82, 2.24) is 0 Å². The molecule has 1 saturated heterocycles. The van der Waals surface area contributed by atoms with Crippen molar-refractivity contribution in [3.8, 4) is 0 Å². The van der Waals surface area contributed by atoms with Gasteiger partial charge in [0.25, 0.3) is 0 Å². The van der Waals surface area contributed by atoms with Crippen molar-refractivity contribution in [3.05, 3.63) is 95.6 Å². The maximum absolute atomic E-state index is 6.29. The Hall–Kier alpha value is -2.68. The van der Waals surface area contributed by atoms with Crippen LogP contribution in [-0.4, -0.2) is 13.2 Å². The first-order chi connectivity index (χ1) is 12.8. The van der Waals surface area contributed by atoms with Gasteiger partial charge in [0.05, 0.1) is 13.2 Å². The molecule has 128 valence electrons. The Kier molecular flexibility index (Phi) is 3.56. The lowest BCUT2D eigenvalue weighted by atomic mass is 9.89. The van der Waals surface area contributed by atoms with Crippen LogP contribution < -0.4 is 0 Å². The fourth-order valence-electron chi connectivity index (χ4n) is 3.99. The van der Waals surface area contributed by atoms with Crippen LogP contribution in [-0.2, 0) is 15.3 Å². The van der Waals surface area contributed by atoms with Gasteiger partial charge < -0.3 is 9.47 Å². The maximum atomic E-state index is 6.29. The average molecular weight is 340 g/mol. The van der Waals surface area contributed by atoms with Gasteiger partial charge in [0, 0.05) is 11.1 Å². The van der Waals surface area contributed by atoms with E-state index in [9.17, 15) is 0 Å². The molecule has 0 atom stereocenters. The first-order valence-corrected chi connectivity index (χ1v) is 9.04. The molecule has 5 rings (SSSR count). The summed E-state index contributed by atoms with van der Waals surface area (Å²) in [5, 5.41) is 4.86. The van der Waals surface area contributed by atoms with Gasteiger partial charge in [-0.15, -0.1) is 0 Å². The number of hydrogen-bond acceptors (Lipinski definition) is 2. The second kappa shape index (κ2) is 5.94. The molecule has 4 aromatic carbocycles. The predicted octanol–water partition coefficient (Wildman–Crippen LogP) is 5.55. The molecule has 0 spiro atoms. The summed E-state index contributed by atoms with van der Waals surface area (Å²) in [5.74, 6) is -0.850. The minimum atomic E-state index is -0.850. The second-order valence-corrected chi connectivity index (χ2v) is 6.87. The smallest absolute Gasteiger partial charge is 0.223 e. The largest absolute Gasteiger partial charge is 0.340 e. The van der Waals surface area contributed by atoms with Gasteiger partial charge in [-0.05, 0) is 34.5 Å². The number of ether oxygens (including phenoxy) is 2. The highest BCUT2D eigenvalue weighted by molar-refractivity contribution is 6.09. The van der Waals surface area contributed by atoms with Gasteiger partial charge in [-0.3, -0.25) is 0 Å². The molecular weight excluding hydrogens is 320 g/mol. The van der Waals surface area contributed by atoms with Crippen molar-refractivity contribution in [3.63, 3.8) is 0 Å². The van der Waals surface area contributed by atoms with Crippen molar-refractivity contribution in [2.75, 3.05) is 13.2 Å². The molecule has 0 N–H and O–H groups in total. The van der Waals surface area contributed by atoms with E-state index in [1.165, 1.54) is 27.1 Å². The molecular formula is C24H20O2. The summed E-state index contributed by atoms with van der Waals surface area (Å²) >= 11 is 0. The molecule has 1 fully saturated rings. The standard InChI is InChI=1S/C24H20O2/c1-17-10-12-19(13-11-17)24(25-14-15-26-24)23-16-18-6-2-3-7-20(18)21-8-4-5-9-22(21)23/h2-13,16H,14-15H2,1H3. The zero-order valence-corrected chi connectivity index (χ0v) is 14.7. The van der Waals surface area contributed by atoms with Crippen LogP contribution in [0.25, 0.3) is 21.5 Å². The van der Waals surface area contributed by atoms with Crippen molar-refractivity contribution in [1.29, 1.82) is 0 Å². The average Bonchev–Trinajstić information content (AvgIpc) is 3.19. The number of fused-ring (bicyclic) bond motifs is 3. The summed E-state index contributed by atoms with van der Waals surface area (Å²) in [7, 11) is 0. The Balaban J connectivity index is 1.87. The third kappa shape index (κ3) is 2.27. The summed E-state index contributed by atoms with van der Waals surface area (Å²) in [5.41, 5.74) is 3.35. The van der Waals surface area contributed by atoms with Gasteiger partial charge in [0.2, 0.25) is 5.79 Å². The van der Waals surface area contributed by atoms with E-state index in [2.05, 4.69) is 85.8 Å². The molecule has 2 nitrogen and oxygen atoms in total. The molecule has 0 radical (unpaired) electrons. The van der Waals surface area contributed by atoms with E-state index in [1.54, 1.807) is 0 Å². The van der Waals surface area contributed by atoms with E-state index in [1.807, 2.05) is 0 Å². The summed E-state index contributed by atoms with van der Waals surface area (Å²) in [6, 6.07) is 27.7. The van der Waals surface area contributed by atoms with E-state index < -0.39 is 5.79 Å². The van der Waals surface area contributed by atoms with E-state index in [4.69, 9.17) is 9.47 Å². The maximum Gasteiger partial charge on any atom is 0.223 e. The molecule has 26 heavy (non-hydrogen) atoms. The molecule has 0 aromatic heterocycles. The van der Waals surface area contributed by atoms with Crippen LogP contribution in [0.5, 0.6) is 0 Å². The molecule has 1 heterocycles. The molecule has 2 heteroatoms. The number of rotatable bonds is 2. The Morgan fingerprint density at radius 3 is 2.04 bits per heavy atom. The molecule has 0 aliphatic carbocycles. The van der Waals surface area contributed by atoms with Gasteiger partial charge in [-0.2, -0.15) is 0 Å². The highest BCUT2D eigenvalue weighted by Crippen LogP contribution is 2.43. The molecule has 4 aromatic rings. The van der Waals surface area contributed by atoms with Crippen molar-refractivity contribution < 1.29 is 9.47 Å². The molecule has 0 saturated carbocycles. The normalized spacial score (nSPS) is 16.3. The monoisotopic (exact) mass is 340 g/mol. The SMILES string of the molecule is Cc1ccc(C2(c3cc4ccccc4c4ccccc34)OCCO2)cc1. The first-order valence-electron chi connectivity index (χ1n) is 9.04. The number of aryl methyl sites for hydroxylation is 1. The van der Waals surface area contributed by atoms with Crippen molar-refractivity contribution in [2.45, 2.75) is 12.7 Å². The lowest BCUT2D eigenvalue weighted by molar-refractivity contribution is -0.128. The van der Waals surface area contributed by atoms with E-state index >= 15 is 0 Å². The van der Waals surface area contributed by atoms with Gasteiger partial charge in [-0.1, -0.05) is 78.4 Å². The third-order valence-corrected chi connectivity index (χ3v) is 5.25. The zero-order chi connectivity index (χ0) is 17.6. The highest BCUT2D eigenvalue weighted by atomic mass is 16.7. The Morgan fingerprint density at radius 2 is 1.31 bits per heavy atom. The Morgan fingerprint density at radius 1 is 0.692 bits per heavy atom. The van der Waals surface area contributed by atoms with Crippen LogP contribution in [0.4, 0.5) is 0 Å². The van der Waals surface area contributed by atoms with E-state index in [0.29, 0.717) is 13.2 Å². The zero-order valence-electron chi connectivity index (χ0n) is 14.7. The highest BCUT2D eigenvalue weighted by Gasteiger charge is 2.42. The van der Waals surface area contributed by atoms with Crippen molar-refractivity contribution >= 4 is 21.5 Å². The second-order valence-electron chi connectivity index (χ2n) is 6.87. The number of hydrogen-bond donors (Lipinski definition) is 0. The minimum Gasteiger partial charge on any atom is -0.340 e. The lowest BCUT2D eigenvalue weighted by Crippen LogP contribution is -2.29. The van der Waals surface area contributed by atoms with Gasteiger partial charge in [0.15, 0.2) is 0 Å². The molecule has 0 bridgehead atoms. The fourth-order valence-corrected chi connectivity index (χ4v) is 3.99. The van der Waals surface area contributed by atoms with E-state index in [-0.39, 0.29) is 0 Å². The van der Waals surface area contributed by atoms with Gasteiger partial charge in [0.1, 0.15) is 0 Å². The fraction of sp³-hybridized carbons (Fsp3) is 0.167. The Bertz CT molecular complexity index is 1090. The minimum absolute atomic E-state index is 0.592. The molecule has 1 aliphatic heterocycles.